The van der Waals surface area contributed by atoms with E-state index in [1.807, 2.05) is 0 Å². The van der Waals surface area contributed by atoms with Crippen LogP contribution in [0.1, 0.15) is 19.3 Å². The lowest BCUT2D eigenvalue weighted by Crippen LogP contribution is -2.02. The first-order valence-corrected chi connectivity index (χ1v) is 5.81. The number of hydrogen-bond donors (Lipinski definition) is 1. The summed E-state index contributed by atoms with van der Waals surface area (Å²) >= 11 is 11.3. The fourth-order valence-electron chi connectivity index (χ4n) is 1.48. The molecule has 1 nitrogen and oxygen atoms in total. The fourth-order valence-corrected chi connectivity index (χ4v) is 1.97. The van der Waals surface area contributed by atoms with Crippen LogP contribution in [-0.4, -0.2) is 6.54 Å². The zero-order valence-corrected chi connectivity index (χ0v) is 9.71. The van der Waals surface area contributed by atoms with Crippen molar-refractivity contribution >= 4 is 28.9 Å². The average molecular weight is 248 g/mol. The minimum absolute atomic E-state index is 0.0661. The molecule has 1 aliphatic carbocycles. The van der Waals surface area contributed by atoms with Gasteiger partial charge in [-0.2, -0.15) is 0 Å². The lowest BCUT2D eigenvalue weighted by molar-refractivity contribution is 0.629. The van der Waals surface area contributed by atoms with Gasteiger partial charge in [-0.3, -0.25) is 0 Å². The molecule has 4 heteroatoms. The Morgan fingerprint density at radius 1 is 1.27 bits per heavy atom. The van der Waals surface area contributed by atoms with E-state index in [2.05, 4.69) is 5.32 Å². The third-order valence-corrected chi connectivity index (χ3v) is 3.11. The van der Waals surface area contributed by atoms with Crippen molar-refractivity contribution in [2.75, 3.05) is 11.9 Å². The number of benzene rings is 1. The molecule has 0 unspecified atom stereocenters. The Labute approximate surface area is 98.6 Å². The number of nitrogens with one attached hydrogen (secondary N) is 1. The van der Waals surface area contributed by atoms with Crippen molar-refractivity contribution in [3.63, 3.8) is 0 Å². The van der Waals surface area contributed by atoms with E-state index >= 15 is 0 Å². The molecule has 1 aliphatic rings. The Morgan fingerprint density at radius 3 is 2.40 bits per heavy atom. The van der Waals surface area contributed by atoms with Crippen LogP contribution in [0.2, 0.25) is 10.0 Å². The highest BCUT2D eigenvalue weighted by atomic mass is 35.5. The third kappa shape index (κ3) is 2.99. The molecule has 2 rings (SSSR count). The van der Waals surface area contributed by atoms with Gasteiger partial charge in [-0.1, -0.05) is 36.0 Å². The molecule has 1 aromatic carbocycles. The van der Waals surface area contributed by atoms with Crippen LogP contribution in [0.3, 0.4) is 0 Å². The SMILES string of the molecule is Fc1c(Cl)cc(NCCC2CC2)cc1Cl. The van der Waals surface area contributed by atoms with Gasteiger partial charge in [0, 0.05) is 12.2 Å². The number of anilines is 1. The van der Waals surface area contributed by atoms with Crippen LogP contribution in [-0.2, 0) is 0 Å². The maximum absolute atomic E-state index is 13.1. The minimum atomic E-state index is -0.550. The van der Waals surface area contributed by atoms with E-state index in [1.165, 1.54) is 12.8 Å². The van der Waals surface area contributed by atoms with Gasteiger partial charge in [0.25, 0.3) is 0 Å². The van der Waals surface area contributed by atoms with Crippen LogP contribution in [0.15, 0.2) is 12.1 Å². The molecule has 0 bridgehead atoms. The first-order valence-electron chi connectivity index (χ1n) is 5.05. The van der Waals surface area contributed by atoms with Crippen LogP contribution in [0.4, 0.5) is 10.1 Å². The maximum atomic E-state index is 13.1. The highest BCUT2D eigenvalue weighted by Crippen LogP contribution is 2.32. The summed E-state index contributed by atoms with van der Waals surface area (Å²) in [6.45, 7) is 0.892. The topological polar surface area (TPSA) is 12.0 Å². The zero-order valence-electron chi connectivity index (χ0n) is 8.19. The Morgan fingerprint density at radius 2 is 1.87 bits per heavy atom. The number of rotatable bonds is 4. The molecule has 0 amide bonds. The van der Waals surface area contributed by atoms with Crippen molar-refractivity contribution in [3.8, 4) is 0 Å². The lowest BCUT2D eigenvalue weighted by atomic mass is 10.2. The molecule has 1 saturated carbocycles. The molecule has 1 N–H and O–H groups in total. The molecule has 1 aromatic rings. The van der Waals surface area contributed by atoms with Crippen LogP contribution >= 0.6 is 23.2 Å². The summed E-state index contributed by atoms with van der Waals surface area (Å²) < 4.78 is 13.1. The summed E-state index contributed by atoms with van der Waals surface area (Å²) in [5.74, 6) is 0.329. The standard InChI is InChI=1S/C11H12Cl2FN/c12-9-5-8(6-10(13)11(9)14)15-4-3-7-1-2-7/h5-7,15H,1-4H2. The van der Waals surface area contributed by atoms with Gasteiger partial charge < -0.3 is 5.32 Å². The van der Waals surface area contributed by atoms with E-state index in [4.69, 9.17) is 23.2 Å². The molecule has 15 heavy (non-hydrogen) atoms. The maximum Gasteiger partial charge on any atom is 0.160 e. The first kappa shape index (κ1) is 11.0. The largest absolute Gasteiger partial charge is 0.385 e. The van der Waals surface area contributed by atoms with E-state index < -0.39 is 5.82 Å². The van der Waals surface area contributed by atoms with Crippen molar-refractivity contribution in [1.29, 1.82) is 0 Å². The second-order valence-corrected chi connectivity index (χ2v) is 4.73. The molecule has 0 radical (unpaired) electrons. The molecule has 0 saturated heterocycles. The predicted molar refractivity (Wildman–Crippen MR) is 62.3 cm³/mol. The van der Waals surface area contributed by atoms with Crippen molar-refractivity contribution in [2.45, 2.75) is 19.3 Å². The summed E-state index contributed by atoms with van der Waals surface area (Å²) in [6, 6.07) is 3.13. The van der Waals surface area contributed by atoms with Gasteiger partial charge in [0.15, 0.2) is 5.82 Å². The van der Waals surface area contributed by atoms with Gasteiger partial charge in [0.2, 0.25) is 0 Å². The lowest BCUT2D eigenvalue weighted by Gasteiger charge is -2.07. The van der Waals surface area contributed by atoms with Crippen LogP contribution in [0.5, 0.6) is 0 Å². The molecular formula is C11H12Cl2FN. The third-order valence-electron chi connectivity index (χ3n) is 2.56. The van der Waals surface area contributed by atoms with Crippen LogP contribution < -0.4 is 5.32 Å². The van der Waals surface area contributed by atoms with Crippen LogP contribution in [0.25, 0.3) is 0 Å². The Bertz CT molecular complexity index is 341. The molecule has 1 fully saturated rings. The zero-order chi connectivity index (χ0) is 10.8. The van der Waals surface area contributed by atoms with E-state index in [0.29, 0.717) is 0 Å². The van der Waals surface area contributed by atoms with E-state index in [0.717, 1.165) is 24.6 Å². The minimum Gasteiger partial charge on any atom is -0.385 e. The molecule has 82 valence electrons. The molecule has 0 aliphatic heterocycles. The average Bonchev–Trinajstić information content (AvgIpc) is 2.98. The van der Waals surface area contributed by atoms with Gasteiger partial charge in [-0.05, 0) is 24.5 Å². The molecule has 0 atom stereocenters. The van der Waals surface area contributed by atoms with Crippen LogP contribution in [0, 0.1) is 11.7 Å². The summed E-state index contributed by atoms with van der Waals surface area (Å²) in [5, 5.41) is 3.32. The summed E-state index contributed by atoms with van der Waals surface area (Å²) in [6.07, 6.45) is 3.84. The number of halogens is 3. The molecule has 0 aromatic heterocycles. The van der Waals surface area contributed by atoms with Crippen molar-refractivity contribution in [1.82, 2.24) is 0 Å². The summed E-state index contributed by atoms with van der Waals surface area (Å²) in [4.78, 5) is 0. The Hall–Kier alpha value is -0.470. The van der Waals surface area contributed by atoms with Gasteiger partial charge in [0.05, 0.1) is 10.0 Å². The molecular weight excluding hydrogens is 236 g/mol. The van der Waals surface area contributed by atoms with Crippen molar-refractivity contribution in [3.05, 3.63) is 28.0 Å². The van der Waals surface area contributed by atoms with Gasteiger partial charge in [-0.15, -0.1) is 0 Å². The predicted octanol–water partition coefficient (Wildman–Crippen LogP) is 4.34. The normalized spacial score (nSPS) is 15.4. The smallest absolute Gasteiger partial charge is 0.160 e. The Balaban J connectivity index is 1.94. The van der Waals surface area contributed by atoms with E-state index in [1.54, 1.807) is 12.1 Å². The number of hydrogen-bond acceptors (Lipinski definition) is 1. The van der Waals surface area contributed by atoms with Crippen molar-refractivity contribution in [2.24, 2.45) is 5.92 Å². The van der Waals surface area contributed by atoms with Crippen molar-refractivity contribution < 1.29 is 4.39 Å². The quantitative estimate of drug-likeness (QED) is 0.781. The molecule has 0 heterocycles. The highest BCUT2D eigenvalue weighted by molar-refractivity contribution is 6.35. The van der Waals surface area contributed by atoms with E-state index in [9.17, 15) is 4.39 Å². The Kier molecular flexibility index (Phi) is 3.37. The van der Waals surface area contributed by atoms with Gasteiger partial charge in [0.1, 0.15) is 0 Å². The summed E-state index contributed by atoms with van der Waals surface area (Å²) in [5.41, 5.74) is 0.784. The second kappa shape index (κ2) is 4.58. The van der Waals surface area contributed by atoms with E-state index in [-0.39, 0.29) is 10.0 Å². The fraction of sp³-hybridized carbons (Fsp3) is 0.455. The van der Waals surface area contributed by atoms with Gasteiger partial charge >= 0.3 is 0 Å². The monoisotopic (exact) mass is 247 g/mol. The van der Waals surface area contributed by atoms with Gasteiger partial charge in [-0.25, -0.2) is 4.39 Å². The first-order chi connectivity index (χ1) is 7.16. The highest BCUT2D eigenvalue weighted by Gasteiger charge is 2.20. The molecule has 0 spiro atoms. The summed E-state index contributed by atoms with van der Waals surface area (Å²) in [7, 11) is 0. The second-order valence-electron chi connectivity index (χ2n) is 3.91.